The minimum Gasteiger partial charge on any atom is -0.469 e. The van der Waals surface area contributed by atoms with Crippen LogP contribution in [0.3, 0.4) is 0 Å². The van der Waals surface area contributed by atoms with Gasteiger partial charge in [0.15, 0.2) is 0 Å². The SMILES string of the molecule is COC(=O)[C@@]1(C(C)C)CCCN(C(=O)OC(C)(C)C)C1. The van der Waals surface area contributed by atoms with E-state index in [-0.39, 0.29) is 18.0 Å². The summed E-state index contributed by atoms with van der Waals surface area (Å²) in [5.41, 5.74) is -1.15. The van der Waals surface area contributed by atoms with Crippen molar-refractivity contribution in [3.05, 3.63) is 0 Å². The molecule has 1 aliphatic heterocycles. The number of hydrogen-bond acceptors (Lipinski definition) is 4. The smallest absolute Gasteiger partial charge is 0.410 e. The lowest BCUT2D eigenvalue weighted by Gasteiger charge is -2.43. The van der Waals surface area contributed by atoms with E-state index < -0.39 is 11.0 Å². The molecule has 0 saturated carbocycles. The first-order chi connectivity index (χ1) is 9.12. The number of esters is 1. The van der Waals surface area contributed by atoms with E-state index in [4.69, 9.17) is 9.47 Å². The van der Waals surface area contributed by atoms with Crippen LogP contribution in [0.1, 0.15) is 47.5 Å². The van der Waals surface area contributed by atoms with E-state index in [1.54, 1.807) is 4.90 Å². The molecule has 1 saturated heterocycles. The standard InChI is InChI=1S/C15H27NO4/c1-11(2)15(12(17)19-6)8-7-9-16(10-15)13(18)20-14(3,4)5/h11H,7-10H2,1-6H3/t15-/m0/s1. The molecule has 0 aromatic heterocycles. The second-order valence-corrected chi connectivity index (χ2v) is 6.81. The topological polar surface area (TPSA) is 55.8 Å². The van der Waals surface area contributed by atoms with Gasteiger partial charge in [-0.1, -0.05) is 13.8 Å². The van der Waals surface area contributed by atoms with Gasteiger partial charge in [-0.2, -0.15) is 0 Å². The van der Waals surface area contributed by atoms with Crippen molar-refractivity contribution in [1.82, 2.24) is 4.90 Å². The molecule has 5 heteroatoms. The quantitative estimate of drug-likeness (QED) is 0.732. The molecular formula is C15H27NO4. The monoisotopic (exact) mass is 285 g/mol. The van der Waals surface area contributed by atoms with Crippen LogP contribution in [-0.2, 0) is 14.3 Å². The van der Waals surface area contributed by atoms with E-state index in [1.807, 2.05) is 34.6 Å². The molecule has 0 spiro atoms. The zero-order valence-corrected chi connectivity index (χ0v) is 13.5. The predicted octanol–water partition coefficient (Wildman–Crippen LogP) is 2.83. The Balaban J connectivity index is 2.88. The normalized spacial score (nSPS) is 23.6. The zero-order valence-electron chi connectivity index (χ0n) is 13.5. The summed E-state index contributed by atoms with van der Waals surface area (Å²) in [6, 6.07) is 0. The number of likely N-dealkylation sites (tertiary alicyclic amines) is 1. The third-order valence-corrected chi connectivity index (χ3v) is 3.87. The fraction of sp³-hybridized carbons (Fsp3) is 0.867. The molecule has 1 heterocycles. The predicted molar refractivity (Wildman–Crippen MR) is 76.3 cm³/mol. The fourth-order valence-corrected chi connectivity index (χ4v) is 2.64. The molecule has 0 radical (unpaired) electrons. The Morgan fingerprint density at radius 2 is 1.85 bits per heavy atom. The summed E-state index contributed by atoms with van der Waals surface area (Å²) in [7, 11) is 1.40. The van der Waals surface area contributed by atoms with Crippen LogP contribution in [-0.4, -0.2) is 42.8 Å². The maximum absolute atomic E-state index is 12.2. The van der Waals surface area contributed by atoms with Crippen molar-refractivity contribution in [1.29, 1.82) is 0 Å². The minimum absolute atomic E-state index is 0.111. The molecule has 1 atom stereocenters. The van der Waals surface area contributed by atoms with Gasteiger partial charge in [0.05, 0.1) is 12.5 Å². The maximum atomic E-state index is 12.2. The number of carbonyl (C=O) groups is 2. The van der Waals surface area contributed by atoms with Crippen molar-refractivity contribution in [2.45, 2.75) is 53.1 Å². The van der Waals surface area contributed by atoms with Gasteiger partial charge in [0, 0.05) is 13.1 Å². The fourth-order valence-electron chi connectivity index (χ4n) is 2.64. The first-order valence-electron chi connectivity index (χ1n) is 7.19. The third kappa shape index (κ3) is 3.64. The molecule has 0 aliphatic carbocycles. The van der Waals surface area contributed by atoms with E-state index in [9.17, 15) is 9.59 Å². The average Bonchev–Trinajstić information content (AvgIpc) is 2.35. The number of nitrogens with zero attached hydrogens (tertiary/aromatic N) is 1. The van der Waals surface area contributed by atoms with Crippen molar-refractivity contribution in [2.24, 2.45) is 11.3 Å². The molecule has 0 aromatic rings. The Bertz CT molecular complexity index is 373. The van der Waals surface area contributed by atoms with Crippen LogP contribution in [0, 0.1) is 11.3 Å². The van der Waals surface area contributed by atoms with E-state index in [0.717, 1.165) is 12.8 Å². The summed E-state index contributed by atoms with van der Waals surface area (Å²) in [4.78, 5) is 26.0. The molecular weight excluding hydrogens is 258 g/mol. The number of rotatable bonds is 2. The highest BCUT2D eigenvalue weighted by Gasteiger charge is 2.47. The van der Waals surface area contributed by atoms with Gasteiger partial charge in [-0.05, 0) is 39.5 Å². The Morgan fingerprint density at radius 3 is 2.30 bits per heavy atom. The molecule has 0 unspecified atom stereocenters. The molecule has 20 heavy (non-hydrogen) atoms. The summed E-state index contributed by atoms with van der Waals surface area (Å²) >= 11 is 0. The lowest BCUT2D eigenvalue weighted by atomic mass is 9.71. The van der Waals surface area contributed by atoms with Crippen molar-refractivity contribution in [2.75, 3.05) is 20.2 Å². The van der Waals surface area contributed by atoms with Gasteiger partial charge in [0.2, 0.25) is 0 Å². The van der Waals surface area contributed by atoms with Crippen LogP contribution >= 0.6 is 0 Å². The summed E-state index contributed by atoms with van der Waals surface area (Å²) in [6.07, 6.45) is 1.18. The van der Waals surface area contributed by atoms with Gasteiger partial charge in [-0.25, -0.2) is 4.79 Å². The van der Waals surface area contributed by atoms with E-state index in [0.29, 0.717) is 13.1 Å². The first kappa shape index (κ1) is 16.8. The van der Waals surface area contributed by atoms with Crippen LogP contribution < -0.4 is 0 Å². The van der Waals surface area contributed by atoms with Gasteiger partial charge in [-0.15, -0.1) is 0 Å². The molecule has 0 aromatic carbocycles. The van der Waals surface area contributed by atoms with Crippen molar-refractivity contribution >= 4 is 12.1 Å². The van der Waals surface area contributed by atoms with Crippen molar-refractivity contribution in [3.63, 3.8) is 0 Å². The molecule has 116 valence electrons. The molecule has 5 nitrogen and oxygen atoms in total. The molecule has 0 bridgehead atoms. The Kier molecular flexibility index (Phi) is 5.05. The van der Waals surface area contributed by atoms with Crippen LogP contribution in [0.2, 0.25) is 0 Å². The van der Waals surface area contributed by atoms with Crippen LogP contribution in [0.25, 0.3) is 0 Å². The van der Waals surface area contributed by atoms with Crippen molar-refractivity contribution in [3.8, 4) is 0 Å². The average molecular weight is 285 g/mol. The van der Waals surface area contributed by atoms with Crippen molar-refractivity contribution < 1.29 is 19.1 Å². The number of methoxy groups -OCH3 is 1. The second kappa shape index (κ2) is 6.02. The molecule has 0 N–H and O–H groups in total. The number of ether oxygens (including phenoxy) is 2. The summed E-state index contributed by atoms with van der Waals surface area (Å²) in [6.45, 7) is 10.5. The number of hydrogen-bond donors (Lipinski definition) is 0. The Morgan fingerprint density at radius 1 is 1.25 bits per heavy atom. The van der Waals surface area contributed by atoms with E-state index in [2.05, 4.69) is 0 Å². The van der Waals surface area contributed by atoms with Gasteiger partial charge in [-0.3, -0.25) is 4.79 Å². The van der Waals surface area contributed by atoms with Gasteiger partial charge in [0.25, 0.3) is 0 Å². The van der Waals surface area contributed by atoms with Gasteiger partial charge in [0.1, 0.15) is 5.60 Å². The highest BCUT2D eigenvalue weighted by molar-refractivity contribution is 5.79. The number of piperidine rings is 1. The van der Waals surface area contributed by atoms with Crippen LogP contribution in [0.15, 0.2) is 0 Å². The van der Waals surface area contributed by atoms with Gasteiger partial charge >= 0.3 is 12.1 Å². The minimum atomic E-state index is -0.621. The maximum Gasteiger partial charge on any atom is 0.410 e. The summed E-state index contributed by atoms with van der Waals surface area (Å²) in [5, 5.41) is 0. The first-order valence-corrected chi connectivity index (χ1v) is 7.19. The largest absolute Gasteiger partial charge is 0.469 e. The van der Waals surface area contributed by atoms with Crippen LogP contribution in [0.4, 0.5) is 4.79 Å². The van der Waals surface area contributed by atoms with E-state index >= 15 is 0 Å². The molecule has 1 fully saturated rings. The van der Waals surface area contributed by atoms with Crippen LogP contribution in [0.5, 0.6) is 0 Å². The summed E-state index contributed by atoms with van der Waals surface area (Å²) in [5.74, 6) is -0.124. The Labute approximate surface area is 121 Å². The lowest BCUT2D eigenvalue weighted by Crippen LogP contribution is -2.53. The number of amides is 1. The highest BCUT2D eigenvalue weighted by Crippen LogP contribution is 2.38. The molecule has 1 amide bonds. The second-order valence-electron chi connectivity index (χ2n) is 6.81. The molecule has 1 aliphatic rings. The highest BCUT2D eigenvalue weighted by atomic mass is 16.6. The Hall–Kier alpha value is -1.26. The molecule has 1 rings (SSSR count). The van der Waals surface area contributed by atoms with Gasteiger partial charge < -0.3 is 14.4 Å². The van der Waals surface area contributed by atoms with E-state index in [1.165, 1.54) is 7.11 Å². The number of carbonyl (C=O) groups excluding carboxylic acids is 2. The third-order valence-electron chi connectivity index (χ3n) is 3.87. The summed E-state index contributed by atoms with van der Waals surface area (Å²) < 4.78 is 10.4. The lowest BCUT2D eigenvalue weighted by molar-refractivity contribution is -0.159. The zero-order chi connectivity index (χ0) is 15.6.